The van der Waals surface area contributed by atoms with Gasteiger partial charge in [0.05, 0.1) is 15.2 Å². The number of benzene rings is 1. The lowest BCUT2D eigenvalue weighted by Gasteiger charge is -2.11. The highest BCUT2D eigenvalue weighted by Gasteiger charge is 2.04. The molecule has 1 aromatic carbocycles. The van der Waals surface area contributed by atoms with E-state index in [9.17, 15) is 0 Å². The number of nitrogens with one attached hydrogen (secondary N) is 1. The predicted octanol–water partition coefficient (Wildman–Crippen LogP) is 2.95. The molecule has 1 aromatic heterocycles. The molecular formula is C15H23N3S. The summed E-state index contributed by atoms with van der Waals surface area (Å²) in [6, 6.07) is 8.59. The minimum atomic E-state index is 0.287. The smallest absolute Gasteiger partial charge is 0.0951 e. The van der Waals surface area contributed by atoms with Crippen molar-refractivity contribution in [2.75, 3.05) is 13.1 Å². The largest absolute Gasteiger partial charge is 0.327 e. The molecule has 0 aliphatic rings. The van der Waals surface area contributed by atoms with Crippen LogP contribution in [0, 0.1) is 0 Å². The van der Waals surface area contributed by atoms with E-state index in [2.05, 4.69) is 35.4 Å². The van der Waals surface area contributed by atoms with Crippen LogP contribution in [0.4, 0.5) is 0 Å². The van der Waals surface area contributed by atoms with Gasteiger partial charge in [-0.2, -0.15) is 0 Å². The molecule has 1 atom stereocenters. The maximum atomic E-state index is 6.02. The Hall–Kier alpha value is -0.970. The van der Waals surface area contributed by atoms with Crippen LogP contribution in [0.25, 0.3) is 10.2 Å². The van der Waals surface area contributed by atoms with Crippen molar-refractivity contribution in [1.29, 1.82) is 0 Å². The van der Waals surface area contributed by atoms with Crippen LogP contribution in [0.2, 0.25) is 0 Å². The summed E-state index contributed by atoms with van der Waals surface area (Å²) >= 11 is 1.79. The third-order valence-electron chi connectivity index (χ3n) is 3.19. The highest BCUT2D eigenvalue weighted by atomic mass is 32.1. The van der Waals surface area contributed by atoms with Gasteiger partial charge in [-0.25, -0.2) is 4.98 Å². The van der Waals surface area contributed by atoms with Crippen LogP contribution < -0.4 is 11.1 Å². The quantitative estimate of drug-likeness (QED) is 0.729. The fraction of sp³-hybridized carbons (Fsp3) is 0.533. The first-order chi connectivity index (χ1) is 9.29. The Balaban J connectivity index is 1.70. The van der Waals surface area contributed by atoms with Crippen LogP contribution in [0.15, 0.2) is 24.3 Å². The molecule has 0 aliphatic carbocycles. The van der Waals surface area contributed by atoms with E-state index in [0.717, 1.165) is 31.4 Å². The molecule has 0 saturated carbocycles. The molecule has 0 radical (unpaired) electrons. The Kier molecular flexibility index (Phi) is 5.76. The van der Waals surface area contributed by atoms with Gasteiger partial charge in [-0.3, -0.25) is 0 Å². The maximum Gasteiger partial charge on any atom is 0.0951 e. The maximum absolute atomic E-state index is 6.02. The first-order valence-corrected chi connectivity index (χ1v) is 7.92. The number of aromatic nitrogens is 1. The van der Waals surface area contributed by atoms with E-state index >= 15 is 0 Å². The summed E-state index contributed by atoms with van der Waals surface area (Å²) in [4.78, 5) is 4.63. The Bertz CT molecular complexity index is 462. The van der Waals surface area contributed by atoms with Crippen LogP contribution in [-0.2, 0) is 6.42 Å². The molecule has 0 amide bonds. The zero-order valence-corrected chi connectivity index (χ0v) is 12.4. The Morgan fingerprint density at radius 2 is 2.21 bits per heavy atom. The number of hydrogen-bond acceptors (Lipinski definition) is 4. The molecule has 0 bridgehead atoms. The number of thiazole rings is 1. The molecule has 0 fully saturated rings. The van der Waals surface area contributed by atoms with Crippen molar-refractivity contribution in [2.45, 2.75) is 38.6 Å². The fourth-order valence-corrected chi connectivity index (χ4v) is 3.04. The predicted molar refractivity (Wildman–Crippen MR) is 83.7 cm³/mol. The van der Waals surface area contributed by atoms with Crippen molar-refractivity contribution < 1.29 is 0 Å². The summed E-state index contributed by atoms with van der Waals surface area (Å²) in [6.45, 7) is 4.07. The summed E-state index contributed by atoms with van der Waals surface area (Å²) in [6.07, 6.45) is 4.55. The number of nitrogens with two attached hydrogens (primary N) is 1. The Morgan fingerprint density at radius 3 is 3.00 bits per heavy atom. The van der Waals surface area contributed by atoms with E-state index < -0.39 is 0 Å². The molecule has 3 N–H and O–H groups in total. The first-order valence-electron chi connectivity index (χ1n) is 7.10. The second-order valence-corrected chi connectivity index (χ2v) is 6.05. The Labute approximate surface area is 119 Å². The second-order valence-electron chi connectivity index (χ2n) is 4.93. The van der Waals surface area contributed by atoms with Gasteiger partial charge in [0.15, 0.2) is 0 Å². The van der Waals surface area contributed by atoms with Crippen molar-refractivity contribution in [3.8, 4) is 0 Å². The Morgan fingerprint density at radius 1 is 1.37 bits per heavy atom. The third-order valence-corrected chi connectivity index (χ3v) is 4.28. The standard InChI is InChI=1S/C15H23N3S/c1-2-3-6-12(16)11-17-10-9-15-18-13-7-4-5-8-14(13)19-15/h4-5,7-8,12,17H,2-3,6,9-11,16H2,1H3. The molecule has 0 spiro atoms. The van der Waals surface area contributed by atoms with Gasteiger partial charge in [0, 0.05) is 25.6 Å². The first kappa shape index (κ1) is 14.4. The monoisotopic (exact) mass is 277 g/mol. The van der Waals surface area contributed by atoms with Crippen LogP contribution >= 0.6 is 11.3 Å². The SMILES string of the molecule is CCCCC(N)CNCCc1nc2ccccc2s1. The van der Waals surface area contributed by atoms with Crippen molar-refractivity contribution in [3.05, 3.63) is 29.3 Å². The molecular weight excluding hydrogens is 254 g/mol. The molecule has 4 heteroatoms. The second kappa shape index (κ2) is 7.58. The van der Waals surface area contributed by atoms with E-state index in [-0.39, 0.29) is 6.04 Å². The highest BCUT2D eigenvalue weighted by Crippen LogP contribution is 2.21. The number of unbranched alkanes of at least 4 members (excludes halogenated alkanes) is 1. The van der Waals surface area contributed by atoms with Crippen molar-refractivity contribution in [3.63, 3.8) is 0 Å². The zero-order valence-electron chi connectivity index (χ0n) is 11.6. The van der Waals surface area contributed by atoms with Gasteiger partial charge in [-0.1, -0.05) is 31.9 Å². The van der Waals surface area contributed by atoms with Crippen LogP contribution in [0.3, 0.4) is 0 Å². The summed E-state index contributed by atoms with van der Waals surface area (Å²) in [5.74, 6) is 0. The van der Waals surface area contributed by atoms with Gasteiger partial charge >= 0.3 is 0 Å². The van der Waals surface area contributed by atoms with Crippen LogP contribution in [0.5, 0.6) is 0 Å². The lowest BCUT2D eigenvalue weighted by molar-refractivity contribution is 0.526. The minimum Gasteiger partial charge on any atom is -0.327 e. The molecule has 0 aliphatic heterocycles. The van der Waals surface area contributed by atoms with Gasteiger partial charge in [0.2, 0.25) is 0 Å². The third kappa shape index (κ3) is 4.56. The topological polar surface area (TPSA) is 50.9 Å². The summed E-state index contributed by atoms with van der Waals surface area (Å²) in [7, 11) is 0. The summed E-state index contributed by atoms with van der Waals surface area (Å²) in [5, 5.41) is 4.63. The van der Waals surface area contributed by atoms with Gasteiger partial charge in [0.1, 0.15) is 0 Å². The van der Waals surface area contributed by atoms with E-state index in [1.165, 1.54) is 22.5 Å². The van der Waals surface area contributed by atoms with E-state index in [1.807, 2.05) is 6.07 Å². The van der Waals surface area contributed by atoms with E-state index in [4.69, 9.17) is 5.73 Å². The molecule has 2 aromatic rings. The summed E-state index contributed by atoms with van der Waals surface area (Å²) in [5.41, 5.74) is 7.14. The number of rotatable bonds is 8. The molecule has 0 saturated heterocycles. The average Bonchev–Trinajstić information content (AvgIpc) is 2.84. The fourth-order valence-electron chi connectivity index (χ4n) is 2.08. The van der Waals surface area contributed by atoms with Crippen molar-refractivity contribution in [1.82, 2.24) is 10.3 Å². The lowest BCUT2D eigenvalue weighted by atomic mass is 10.1. The number of fused-ring (bicyclic) bond motifs is 1. The van der Waals surface area contributed by atoms with Gasteiger partial charge in [-0.15, -0.1) is 11.3 Å². The lowest BCUT2D eigenvalue weighted by Crippen LogP contribution is -2.34. The van der Waals surface area contributed by atoms with E-state index in [0.29, 0.717) is 0 Å². The normalized spacial score (nSPS) is 12.9. The summed E-state index contributed by atoms with van der Waals surface area (Å²) < 4.78 is 1.28. The van der Waals surface area contributed by atoms with Gasteiger partial charge in [-0.05, 0) is 18.6 Å². The molecule has 2 rings (SSSR count). The number of para-hydroxylation sites is 1. The number of hydrogen-bond donors (Lipinski definition) is 2. The number of nitrogens with zero attached hydrogens (tertiary/aromatic N) is 1. The molecule has 1 heterocycles. The molecule has 19 heavy (non-hydrogen) atoms. The van der Waals surface area contributed by atoms with Crippen LogP contribution in [-0.4, -0.2) is 24.1 Å². The molecule has 104 valence electrons. The zero-order chi connectivity index (χ0) is 13.5. The van der Waals surface area contributed by atoms with Gasteiger partial charge in [0.25, 0.3) is 0 Å². The van der Waals surface area contributed by atoms with Crippen molar-refractivity contribution >= 4 is 21.6 Å². The molecule has 3 nitrogen and oxygen atoms in total. The van der Waals surface area contributed by atoms with Gasteiger partial charge < -0.3 is 11.1 Å². The van der Waals surface area contributed by atoms with E-state index in [1.54, 1.807) is 11.3 Å². The van der Waals surface area contributed by atoms with Crippen molar-refractivity contribution in [2.24, 2.45) is 5.73 Å². The van der Waals surface area contributed by atoms with Crippen LogP contribution in [0.1, 0.15) is 31.2 Å². The molecule has 1 unspecified atom stereocenters. The average molecular weight is 277 g/mol. The highest BCUT2D eigenvalue weighted by molar-refractivity contribution is 7.18. The minimum absolute atomic E-state index is 0.287.